The fourth-order valence-corrected chi connectivity index (χ4v) is 1.83. The van der Waals surface area contributed by atoms with Crippen LogP contribution in [-0.2, 0) is 20.9 Å². The van der Waals surface area contributed by atoms with Crippen LogP contribution in [0.5, 0.6) is 0 Å². The number of hydrogen-bond acceptors (Lipinski definition) is 4. The lowest BCUT2D eigenvalue weighted by Crippen LogP contribution is -2.26. The maximum absolute atomic E-state index is 11.6. The lowest BCUT2D eigenvalue weighted by Gasteiger charge is -2.14. The van der Waals surface area contributed by atoms with Crippen LogP contribution in [0.2, 0.25) is 0 Å². The molecule has 0 aliphatic carbocycles. The summed E-state index contributed by atoms with van der Waals surface area (Å²) in [4.78, 5) is 24.5. The van der Waals surface area contributed by atoms with Crippen LogP contribution >= 0.6 is 0 Å². The first-order chi connectivity index (χ1) is 7.70. The average molecular weight is 223 g/mol. The topological polar surface area (TPSA) is 75.3 Å². The van der Waals surface area contributed by atoms with E-state index in [2.05, 4.69) is 14.9 Å². The van der Waals surface area contributed by atoms with Crippen LogP contribution in [0, 0.1) is 5.92 Å². The molecule has 16 heavy (non-hydrogen) atoms. The van der Waals surface area contributed by atoms with Crippen molar-refractivity contribution in [3.05, 3.63) is 18.0 Å². The Bertz CT molecular complexity index is 388. The molecule has 1 amide bonds. The van der Waals surface area contributed by atoms with E-state index in [-0.39, 0.29) is 24.2 Å². The zero-order valence-corrected chi connectivity index (χ0v) is 8.97. The number of aromatic amines is 1. The van der Waals surface area contributed by atoms with Gasteiger partial charge in [-0.05, 0) is 6.07 Å². The van der Waals surface area contributed by atoms with Crippen molar-refractivity contribution < 1.29 is 14.3 Å². The highest BCUT2D eigenvalue weighted by molar-refractivity contribution is 5.86. The van der Waals surface area contributed by atoms with Crippen molar-refractivity contribution in [3.63, 3.8) is 0 Å². The van der Waals surface area contributed by atoms with E-state index in [9.17, 15) is 9.59 Å². The Kier molecular flexibility index (Phi) is 2.89. The number of ether oxygens (including phenoxy) is 1. The molecule has 2 heterocycles. The highest BCUT2D eigenvalue weighted by atomic mass is 16.5. The van der Waals surface area contributed by atoms with Crippen molar-refractivity contribution in [2.24, 2.45) is 5.92 Å². The van der Waals surface area contributed by atoms with Gasteiger partial charge in [0.15, 0.2) is 0 Å². The lowest BCUT2D eigenvalue weighted by atomic mass is 10.1. The number of esters is 1. The van der Waals surface area contributed by atoms with Crippen LogP contribution in [-0.4, -0.2) is 40.6 Å². The summed E-state index contributed by atoms with van der Waals surface area (Å²) in [7, 11) is 1.34. The summed E-state index contributed by atoms with van der Waals surface area (Å²) in [5.41, 5.74) is 0.860. The SMILES string of the molecule is COC(=O)C1CC(=O)N(Cc2ccn[nH]2)C1. The van der Waals surface area contributed by atoms with Gasteiger partial charge in [-0.3, -0.25) is 14.7 Å². The van der Waals surface area contributed by atoms with Gasteiger partial charge in [0.05, 0.1) is 25.3 Å². The van der Waals surface area contributed by atoms with Gasteiger partial charge in [0.1, 0.15) is 0 Å². The molecule has 1 aliphatic heterocycles. The molecule has 0 aromatic carbocycles. The Labute approximate surface area is 92.6 Å². The molecule has 0 spiro atoms. The highest BCUT2D eigenvalue weighted by Gasteiger charge is 2.34. The zero-order chi connectivity index (χ0) is 11.5. The van der Waals surface area contributed by atoms with Gasteiger partial charge in [-0.1, -0.05) is 0 Å². The average Bonchev–Trinajstić information content (AvgIpc) is 2.89. The Morgan fingerprint density at radius 2 is 2.56 bits per heavy atom. The summed E-state index contributed by atoms with van der Waals surface area (Å²) in [6.45, 7) is 0.886. The third-order valence-corrected chi connectivity index (χ3v) is 2.67. The second-order valence-electron chi connectivity index (χ2n) is 3.78. The lowest BCUT2D eigenvalue weighted by molar-refractivity contribution is -0.145. The van der Waals surface area contributed by atoms with Crippen molar-refractivity contribution in [1.82, 2.24) is 15.1 Å². The molecule has 1 aromatic heterocycles. The number of likely N-dealkylation sites (tertiary alicyclic amines) is 1. The molecule has 1 unspecified atom stereocenters. The fourth-order valence-electron chi connectivity index (χ4n) is 1.83. The van der Waals surface area contributed by atoms with Gasteiger partial charge in [-0.25, -0.2) is 0 Å². The Morgan fingerprint density at radius 3 is 3.19 bits per heavy atom. The highest BCUT2D eigenvalue weighted by Crippen LogP contribution is 2.20. The number of H-pyrrole nitrogens is 1. The second-order valence-corrected chi connectivity index (χ2v) is 3.78. The van der Waals surface area contributed by atoms with Crippen LogP contribution in [0.15, 0.2) is 12.3 Å². The van der Waals surface area contributed by atoms with Crippen LogP contribution in [0.4, 0.5) is 0 Å². The molecule has 0 radical (unpaired) electrons. The number of carbonyl (C=O) groups is 2. The van der Waals surface area contributed by atoms with Crippen LogP contribution in [0.3, 0.4) is 0 Å². The number of methoxy groups -OCH3 is 1. The number of aromatic nitrogens is 2. The van der Waals surface area contributed by atoms with E-state index in [1.807, 2.05) is 0 Å². The minimum absolute atomic E-state index is 0.0231. The molecule has 1 saturated heterocycles. The minimum atomic E-state index is -0.333. The number of nitrogens with one attached hydrogen (secondary N) is 1. The number of amides is 1. The van der Waals surface area contributed by atoms with E-state index < -0.39 is 0 Å². The van der Waals surface area contributed by atoms with Gasteiger partial charge in [0.25, 0.3) is 0 Å². The third-order valence-electron chi connectivity index (χ3n) is 2.67. The maximum atomic E-state index is 11.6. The largest absolute Gasteiger partial charge is 0.469 e. The summed E-state index contributed by atoms with van der Waals surface area (Å²) in [5, 5.41) is 6.59. The summed E-state index contributed by atoms with van der Waals surface area (Å²) >= 11 is 0. The van der Waals surface area contributed by atoms with Crippen molar-refractivity contribution in [1.29, 1.82) is 0 Å². The zero-order valence-electron chi connectivity index (χ0n) is 8.97. The Hall–Kier alpha value is -1.85. The molecule has 1 atom stereocenters. The molecule has 1 aliphatic rings. The molecule has 86 valence electrons. The van der Waals surface area contributed by atoms with E-state index in [0.717, 1.165) is 5.69 Å². The first-order valence-corrected chi connectivity index (χ1v) is 5.04. The third kappa shape index (κ3) is 2.05. The first kappa shape index (κ1) is 10.7. The first-order valence-electron chi connectivity index (χ1n) is 5.04. The van der Waals surface area contributed by atoms with Crippen LogP contribution < -0.4 is 0 Å². The van der Waals surface area contributed by atoms with Gasteiger partial charge in [0, 0.05) is 19.2 Å². The van der Waals surface area contributed by atoms with Crippen LogP contribution in [0.25, 0.3) is 0 Å². The van der Waals surface area contributed by atoms with Gasteiger partial charge in [-0.15, -0.1) is 0 Å². The molecule has 0 saturated carbocycles. The standard InChI is InChI=1S/C10H13N3O3/c1-16-10(15)7-4-9(14)13(5-7)6-8-2-3-11-12-8/h2-3,7H,4-6H2,1H3,(H,11,12). The van der Waals surface area contributed by atoms with E-state index in [4.69, 9.17) is 0 Å². The Balaban J connectivity index is 1.97. The van der Waals surface area contributed by atoms with Gasteiger partial charge < -0.3 is 9.64 Å². The molecule has 6 heteroatoms. The van der Waals surface area contributed by atoms with Crippen molar-refractivity contribution in [2.45, 2.75) is 13.0 Å². The number of hydrogen-bond donors (Lipinski definition) is 1. The quantitative estimate of drug-likeness (QED) is 0.728. The smallest absolute Gasteiger partial charge is 0.310 e. The van der Waals surface area contributed by atoms with Crippen molar-refractivity contribution >= 4 is 11.9 Å². The number of nitrogens with zero attached hydrogens (tertiary/aromatic N) is 2. The van der Waals surface area contributed by atoms with Gasteiger partial charge in [-0.2, -0.15) is 5.10 Å². The monoisotopic (exact) mass is 223 g/mol. The van der Waals surface area contributed by atoms with Crippen LogP contribution in [0.1, 0.15) is 12.1 Å². The van der Waals surface area contributed by atoms with Crippen molar-refractivity contribution in [3.8, 4) is 0 Å². The number of carbonyl (C=O) groups excluding carboxylic acids is 2. The summed E-state index contributed by atoms with van der Waals surface area (Å²) in [5.74, 6) is -0.675. The molecule has 1 N–H and O–H groups in total. The van der Waals surface area contributed by atoms with E-state index in [0.29, 0.717) is 13.1 Å². The molecular formula is C10H13N3O3. The van der Waals surface area contributed by atoms with Gasteiger partial charge in [0.2, 0.25) is 5.91 Å². The molecule has 2 rings (SSSR count). The molecule has 1 fully saturated rings. The van der Waals surface area contributed by atoms with E-state index in [1.165, 1.54) is 7.11 Å². The molecule has 6 nitrogen and oxygen atoms in total. The predicted octanol–water partition coefficient (Wildman–Crippen LogP) is -0.0688. The molecular weight excluding hydrogens is 210 g/mol. The fraction of sp³-hybridized carbons (Fsp3) is 0.500. The maximum Gasteiger partial charge on any atom is 0.310 e. The molecule has 0 bridgehead atoms. The van der Waals surface area contributed by atoms with E-state index in [1.54, 1.807) is 17.2 Å². The van der Waals surface area contributed by atoms with Crippen molar-refractivity contribution in [2.75, 3.05) is 13.7 Å². The van der Waals surface area contributed by atoms with Gasteiger partial charge >= 0.3 is 5.97 Å². The minimum Gasteiger partial charge on any atom is -0.469 e. The summed E-state index contributed by atoms with van der Waals surface area (Å²) < 4.78 is 4.63. The summed E-state index contributed by atoms with van der Waals surface area (Å²) in [6.07, 6.45) is 1.87. The molecule has 1 aromatic rings. The predicted molar refractivity (Wildman–Crippen MR) is 54.1 cm³/mol. The van der Waals surface area contributed by atoms with E-state index >= 15 is 0 Å². The number of rotatable bonds is 3. The Morgan fingerprint density at radius 1 is 1.75 bits per heavy atom. The normalized spacial score (nSPS) is 20.2. The second kappa shape index (κ2) is 4.34. The summed E-state index contributed by atoms with van der Waals surface area (Å²) in [6, 6.07) is 1.80.